The van der Waals surface area contributed by atoms with E-state index < -0.39 is 6.10 Å². The average molecular weight is 364 g/mol. The molecule has 2 aliphatic rings. The summed E-state index contributed by atoms with van der Waals surface area (Å²) in [7, 11) is 1.66. The van der Waals surface area contributed by atoms with Gasteiger partial charge < -0.3 is 24.8 Å². The number of piperazine rings is 1. The standard InChI is InChI=1S/C20H33N3O3/c1-3-22-8-10-23(11-9-22)14-18(24)15-26-19-7-4-16(12-20(19)25-2)13-21-17-5-6-17/h4,7,12,17-18,21,24H,3,5-6,8-11,13-15H2,1-2H3/t18-/m0/s1. The Morgan fingerprint density at radius 3 is 2.54 bits per heavy atom. The van der Waals surface area contributed by atoms with Gasteiger partial charge in [0, 0.05) is 45.3 Å². The predicted molar refractivity (Wildman–Crippen MR) is 103 cm³/mol. The van der Waals surface area contributed by atoms with E-state index >= 15 is 0 Å². The van der Waals surface area contributed by atoms with Crippen LogP contribution in [-0.2, 0) is 6.54 Å². The molecular formula is C20H33N3O3. The summed E-state index contributed by atoms with van der Waals surface area (Å²) in [6, 6.07) is 6.70. The molecule has 2 fully saturated rings. The van der Waals surface area contributed by atoms with Crippen LogP contribution in [0.1, 0.15) is 25.3 Å². The van der Waals surface area contributed by atoms with Gasteiger partial charge in [-0.1, -0.05) is 13.0 Å². The largest absolute Gasteiger partial charge is 0.493 e. The van der Waals surface area contributed by atoms with E-state index in [1.165, 1.54) is 18.4 Å². The molecule has 1 saturated heterocycles. The monoisotopic (exact) mass is 363 g/mol. The minimum Gasteiger partial charge on any atom is -0.493 e. The number of β-amino-alcohol motifs (C(OH)–C–C–N with tert-alkyl or cyclic N) is 1. The second-order valence-electron chi connectivity index (χ2n) is 7.34. The number of hydrogen-bond donors (Lipinski definition) is 2. The quantitative estimate of drug-likeness (QED) is 0.654. The van der Waals surface area contributed by atoms with Crippen molar-refractivity contribution in [3.8, 4) is 11.5 Å². The van der Waals surface area contributed by atoms with Crippen LogP contribution < -0.4 is 14.8 Å². The molecule has 0 aromatic heterocycles. The van der Waals surface area contributed by atoms with Gasteiger partial charge in [0.25, 0.3) is 0 Å². The molecule has 0 radical (unpaired) electrons. The molecule has 1 saturated carbocycles. The van der Waals surface area contributed by atoms with E-state index in [9.17, 15) is 5.11 Å². The van der Waals surface area contributed by atoms with E-state index in [0.29, 0.717) is 18.3 Å². The van der Waals surface area contributed by atoms with Crippen molar-refractivity contribution in [3.05, 3.63) is 23.8 Å². The smallest absolute Gasteiger partial charge is 0.161 e. The van der Waals surface area contributed by atoms with E-state index in [0.717, 1.165) is 45.0 Å². The summed E-state index contributed by atoms with van der Waals surface area (Å²) in [6.45, 7) is 9.27. The zero-order valence-corrected chi connectivity index (χ0v) is 16.1. The lowest BCUT2D eigenvalue weighted by Gasteiger charge is -2.34. The molecule has 1 aliphatic heterocycles. The molecule has 1 heterocycles. The van der Waals surface area contributed by atoms with Gasteiger partial charge in [-0.2, -0.15) is 0 Å². The molecule has 1 aliphatic carbocycles. The van der Waals surface area contributed by atoms with E-state index in [2.05, 4.69) is 28.1 Å². The molecule has 3 rings (SSSR count). The molecule has 1 aromatic carbocycles. The van der Waals surface area contributed by atoms with Crippen LogP contribution in [0, 0.1) is 0 Å². The van der Waals surface area contributed by atoms with Gasteiger partial charge in [-0.25, -0.2) is 0 Å². The number of nitrogens with zero attached hydrogens (tertiary/aromatic N) is 2. The van der Waals surface area contributed by atoms with Crippen molar-refractivity contribution in [3.63, 3.8) is 0 Å². The van der Waals surface area contributed by atoms with Crippen molar-refractivity contribution in [1.82, 2.24) is 15.1 Å². The van der Waals surface area contributed by atoms with Crippen molar-refractivity contribution < 1.29 is 14.6 Å². The first-order chi connectivity index (χ1) is 12.7. The van der Waals surface area contributed by atoms with Gasteiger partial charge in [-0.15, -0.1) is 0 Å². The number of aliphatic hydroxyl groups excluding tert-OH is 1. The minimum atomic E-state index is -0.496. The van der Waals surface area contributed by atoms with Crippen molar-refractivity contribution in [2.45, 2.75) is 38.5 Å². The lowest BCUT2D eigenvalue weighted by Crippen LogP contribution is -2.49. The van der Waals surface area contributed by atoms with Gasteiger partial charge in [0.15, 0.2) is 11.5 Å². The first-order valence-electron chi connectivity index (χ1n) is 9.83. The summed E-state index contributed by atoms with van der Waals surface area (Å²) >= 11 is 0. The van der Waals surface area contributed by atoms with E-state index in [1.54, 1.807) is 7.11 Å². The zero-order chi connectivity index (χ0) is 18.4. The summed E-state index contributed by atoms with van der Waals surface area (Å²) in [5.74, 6) is 1.42. The number of likely N-dealkylation sites (N-methyl/N-ethyl adjacent to an activating group) is 1. The number of methoxy groups -OCH3 is 1. The Balaban J connectivity index is 1.44. The van der Waals surface area contributed by atoms with Gasteiger partial charge in [-0.05, 0) is 37.1 Å². The normalized spacial score (nSPS) is 20.1. The number of benzene rings is 1. The van der Waals surface area contributed by atoms with Gasteiger partial charge in [0.1, 0.15) is 12.7 Å². The highest BCUT2D eigenvalue weighted by atomic mass is 16.5. The molecule has 1 aromatic rings. The second-order valence-corrected chi connectivity index (χ2v) is 7.34. The van der Waals surface area contributed by atoms with E-state index in [1.807, 2.05) is 12.1 Å². The molecule has 1 atom stereocenters. The van der Waals surface area contributed by atoms with Gasteiger partial charge >= 0.3 is 0 Å². The first-order valence-corrected chi connectivity index (χ1v) is 9.83. The molecule has 146 valence electrons. The molecular weight excluding hydrogens is 330 g/mol. The zero-order valence-electron chi connectivity index (χ0n) is 16.1. The van der Waals surface area contributed by atoms with Crippen LogP contribution in [0.3, 0.4) is 0 Å². The van der Waals surface area contributed by atoms with Crippen LogP contribution in [0.2, 0.25) is 0 Å². The van der Waals surface area contributed by atoms with Crippen molar-refractivity contribution in [1.29, 1.82) is 0 Å². The molecule has 0 bridgehead atoms. The Labute approximate surface area is 157 Å². The van der Waals surface area contributed by atoms with Crippen molar-refractivity contribution >= 4 is 0 Å². The number of hydrogen-bond acceptors (Lipinski definition) is 6. The first kappa shape index (κ1) is 19.4. The summed E-state index contributed by atoms with van der Waals surface area (Å²) in [4.78, 5) is 4.74. The van der Waals surface area contributed by atoms with Gasteiger partial charge in [0.2, 0.25) is 0 Å². The van der Waals surface area contributed by atoms with Crippen molar-refractivity contribution in [2.24, 2.45) is 0 Å². The molecule has 6 nitrogen and oxygen atoms in total. The fourth-order valence-electron chi connectivity index (χ4n) is 3.32. The maximum atomic E-state index is 10.3. The minimum absolute atomic E-state index is 0.282. The highest BCUT2D eigenvalue weighted by molar-refractivity contribution is 5.43. The van der Waals surface area contributed by atoms with Crippen LogP contribution >= 0.6 is 0 Å². The average Bonchev–Trinajstić information content (AvgIpc) is 3.50. The fraction of sp³-hybridized carbons (Fsp3) is 0.700. The topological polar surface area (TPSA) is 57.2 Å². The summed E-state index contributed by atoms with van der Waals surface area (Å²) in [5.41, 5.74) is 1.19. The van der Waals surface area contributed by atoms with E-state index in [4.69, 9.17) is 9.47 Å². The Kier molecular flexibility index (Phi) is 7.14. The van der Waals surface area contributed by atoms with Gasteiger partial charge in [-0.3, -0.25) is 4.90 Å². The highest BCUT2D eigenvalue weighted by Gasteiger charge is 2.21. The predicted octanol–water partition coefficient (Wildman–Crippen LogP) is 1.32. The van der Waals surface area contributed by atoms with Gasteiger partial charge in [0.05, 0.1) is 7.11 Å². The molecule has 6 heteroatoms. The third kappa shape index (κ3) is 5.84. The Morgan fingerprint density at radius 1 is 1.15 bits per heavy atom. The maximum Gasteiger partial charge on any atom is 0.161 e. The fourth-order valence-corrected chi connectivity index (χ4v) is 3.32. The number of nitrogens with one attached hydrogen (secondary N) is 1. The summed E-state index contributed by atoms with van der Waals surface area (Å²) < 4.78 is 11.3. The van der Waals surface area contributed by atoms with Crippen LogP contribution in [-0.4, -0.2) is 80.0 Å². The van der Waals surface area contributed by atoms with Crippen LogP contribution in [0.15, 0.2) is 18.2 Å². The molecule has 26 heavy (non-hydrogen) atoms. The third-order valence-corrected chi connectivity index (χ3v) is 5.21. The molecule has 0 unspecified atom stereocenters. The Morgan fingerprint density at radius 2 is 1.88 bits per heavy atom. The Bertz CT molecular complexity index is 557. The Hall–Kier alpha value is -1.34. The highest BCUT2D eigenvalue weighted by Crippen LogP contribution is 2.29. The molecule has 0 amide bonds. The molecule has 2 N–H and O–H groups in total. The summed E-state index contributed by atoms with van der Waals surface area (Å²) in [5, 5.41) is 13.8. The number of ether oxygens (including phenoxy) is 2. The molecule has 0 spiro atoms. The lowest BCUT2D eigenvalue weighted by molar-refractivity contribution is 0.0464. The number of rotatable bonds is 10. The second kappa shape index (κ2) is 9.55. The SMILES string of the molecule is CCN1CCN(C[C@H](O)COc2ccc(CNC3CC3)cc2OC)CC1. The maximum absolute atomic E-state index is 10.3. The van der Waals surface area contributed by atoms with Crippen LogP contribution in [0.4, 0.5) is 0 Å². The van der Waals surface area contributed by atoms with E-state index in [-0.39, 0.29) is 6.61 Å². The third-order valence-electron chi connectivity index (χ3n) is 5.21. The number of aliphatic hydroxyl groups is 1. The van der Waals surface area contributed by atoms with Crippen LogP contribution in [0.5, 0.6) is 11.5 Å². The lowest BCUT2D eigenvalue weighted by atomic mass is 10.2. The van der Waals surface area contributed by atoms with Crippen molar-refractivity contribution in [2.75, 3.05) is 53.0 Å². The summed E-state index contributed by atoms with van der Waals surface area (Å²) in [6.07, 6.45) is 2.07. The van der Waals surface area contributed by atoms with Crippen LogP contribution in [0.25, 0.3) is 0 Å².